The Morgan fingerprint density at radius 3 is 2.96 bits per heavy atom. The number of hydrogen-bond donors (Lipinski definition) is 2. The van der Waals surface area contributed by atoms with Gasteiger partial charge in [0.05, 0.1) is 18.2 Å². The Hall–Kier alpha value is -2.90. The van der Waals surface area contributed by atoms with Gasteiger partial charge in [-0.1, -0.05) is 12.2 Å². The highest BCUT2D eigenvalue weighted by Gasteiger charge is 2.28. The number of pyridine rings is 1. The molecule has 26 heavy (non-hydrogen) atoms. The maximum absolute atomic E-state index is 12.3. The van der Waals surface area contributed by atoms with E-state index in [0.29, 0.717) is 18.0 Å². The largest absolute Gasteiger partial charge is 0.369 e. The Balaban J connectivity index is 1.39. The van der Waals surface area contributed by atoms with Crippen molar-refractivity contribution >= 4 is 11.7 Å². The second-order valence-corrected chi connectivity index (χ2v) is 6.67. The van der Waals surface area contributed by atoms with Gasteiger partial charge < -0.3 is 15.5 Å². The van der Waals surface area contributed by atoms with Crippen molar-refractivity contribution < 1.29 is 4.79 Å². The number of nitriles is 2. The lowest BCUT2D eigenvalue weighted by Crippen LogP contribution is -2.42. The number of carbonyl (C=O) groups is 1. The normalized spacial score (nSPS) is 24.2. The zero-order chi connectivity index (χ0) is 18.4. The summed E-state index contributed by atoms with van der Waals surface area (Å²) in [6.07, 6.45) is 8.39. The van der Waals surface area contributed by atoms with Gasteiger partial charge in [0, 0.05) is 25.3 Å². The van der Waals surface area contributed by atoms with Crippen molar-refractivity contribution in [2.75, 3.05) is 25.0 Å². The highest BCUT2D eigenvalue weighted by atomic mass is 16.2. The molecule has 1 fully saturated rings. The van der Waals surface area contributed by atoms with Gasteiger partial charge in [-0.05, 0) is 37.3 Å². The first-order chi connectivity index (χ1) is 12.7. The van der Waals surface area contributed by atoms with E-state index in [1.165, 1.54) is 0 Å². The summed E-state index contributed by atoms with van der Waals surface area (Å²) in [5.41, 5.74) is 0.543. The third-order valence-electron chi connectivity index (χ3n) is 4.85. The molecule has 0 aromatic carbocycles. The molecule has 1 aromatic rings. The van der Waals surface area contributed by atoms with Crippen molar-refractivity contribution in [3.8, 4) is 12.1 Å². The molecule has 0 radical (unpaired) electrons. The first kappa shape index (κ1) is 17.9. The number of amides is 1. The number of hydrogen-bond acceptors (Lipinski definition) is 6. The predicted octanol–water partition coefficient (Wildman–Crippen LogP) is 1.41. The second-order valence-electron chi connectivity index (χ2n) is 6.67. The summed E-state index contributed by atoms with van der Waals surface area (Å²) < 4.78 is 0. The van der Waals surface area contributed by atoms with Gasteiger partial charge >= 0.3 is 0 Å². The molecule has 1 amide bonds. The van der Waals surface area contributed by atoms with Crippen LogP contribution in [0.2, 0.25) is 0 Å². The molecule has 2 N–H and O–H groups in total. The maximum Gasteiger partial charge on any atom is 0.237 e. The lowest BCUT2D eigenvalue weighted by atomic mass is 10.1. The Labute approximate surface area is 153 Å². The van der Waals surface area contributed by atoms with Crippen molar-refractivity contribution in [2.45, 2.75) is 31.3 Å². The summed E-state index contributed by atoms with van der Waals surface area (Å²) in [6, 6.07) is 7.69. The van der Waals surface area contributed by atoms with Crippen LogP contribution in [0.15, 0.2) is 30.5 Å². The first-order valence-electron chi connectivity index (χ1n) is 8.90. The van der Waals surface area contributed by atoms with Gasteiger partial charge in [0.1, 0.15) is 17.9 Å². The van der Waals surface area contributed by atoms with Gasteiger partial charge in [0.2, 0.25) is 5.91 Å². The molecule has 7 nitrogen and oxygen atoms in total. The van der Waals surface area contributed by atoms with Gasteiger partial charge in [-0.2, -0.15) is 10.5 Å². The Bertz CT molecular complexity index is 745. The fraction of sp³-hybridized carbons (Fsp3) is 0.474. The van der Waals surface area contributed by atoms with E-state index in [9.17, 15) is 4.79 Å². The molecule has 0 saturated carbocycles. The molecule has 1 aliphatic heterocycles. The smallest absolute Gasteiger partial charge is 0.237 e. The Morgan fingerprint density at radius 1 is 1.35 bits per heavy atom. The molecule has 3 atom stereocenters. The first-order valence-corrected chi connectivity index (χ1v) is 8.90. The van der Waals surface area contributed by atoms with Crippen molar-refractivity contribution in [3.05, 3.63) is 36.0 Å². The van der Waals surface area contributed by atoms with E-state index < -0.39 is 0 Å². The van der Waals surface area contributed by atoms with Gasteiger partial charge in [0.25, 0.3) is 0 Å². The van der Waals surface area contributed by atoms with Gasteiger partial charge in [-0.3, -0.25) is 4.79 Å². The van der Waals surface area contributed by atoms with E-state index in [0.717, 1.165) is 31.6 Å². The molecular formula is C19H22N6O. The summed E-state index contributed by atoms with van der Waals surface area (Å²) >= 11 is 0. The van der Waals surface area contributed by atoms with E-state index in [-0.39, 0.29) is 24.5 Å². The van der Waals surface area contributed by atoms with E-state index in [4.69, 9.17) is 10.5 Å². The molecule has 0 unspecified atom stereocenters. The predicted molar refractivity (Wildman–Crippen MR) is 96.8 cm³/mol. The molecule has 2 aliphatic rings. The summed E-state index contributed by atoms with van der Waals surface area (Å²) in [7, 11) is 0. The number of rotatable bonds is 6. The van der Waals surface area contributed by atoms with Crippen LogP contribution in [0.5, 0.6) is 0 Å². The van der Waals surface area contributed by atoms with E-state index in [1.807, 2.05) is 6.07 Å². The van der Waals surface area contributed by atoms with Crippen LogP contribution in [0.25, 0.3) is 0 Å². The third-order valence-corrected chi connectivity index (χ3v) is 4.85. The molecular weight excluding hydrogens is 328 g/mol. The number of nitrogens with zero attached hydrogens (tertiary/aromatic N) is 4. The van der Waals surface area contributed by atoms with E-state index in [1.54, 1.807) is 23.2 Å². The lowest BCUT2D eigenvalue weighted by molar-refractivity contribution is -0.130. The zero-order valence-electron chi connectivity index (χ0n) is 14.6. The van der Waals surface area contributed by atoms with Crippen LogP contribution in [0, 0.1) is 28.6 Å². The summed E-state index contributed by atoms with van der Waals surface area (Å²) in [6.45, 7) is 1.71. The molecule has 134 valence electrons. The quantitative estimate of drug-likeness (QED) is 0.752. The number of aromatic nitrogens is 1. The van der Waals surface area contributed by atoms with E-state index in [2.05, 4.69) is 33.8 Å². The van der Waals surface area contributed by atoms with Crippen LogP contribution in [0.1, 0.15) is 24.8 Å². The van der Waals surface area contributed by atoms with Crippen molar-refractivity contribution in [2.24, 2.45) is 5.92 Å². The third kappa shape index (κ3) is 4.38. The van der Waals surface area contributed by atoms with Crippen LogP contribution in [0.4, 0.5) is 5.82 Å². The monoisotopic (exact) mass is 350 g/mol. The molecule has 3 rings (SSSR count). The minimum atomic E-state index is -0.264. The highest BCUT2D eigenvalue weighted by molar-refractivity contribution is 5.79. The standard InChI is InChI=1S/C19H22N6O/c20-9-15-4-6-18(24-12-15)23-11-14-3-5-16(8-14)22-13-19(26)25-7-1-2-17(25)10-21/h3-6,12,14,16-17,22H,1-2,7-8,11,13H2,(H,23,24)/t14-,16+,17+/m1/s1. The average molecular weight is 350 g/mol. The average Bonchev–Trinajstić information content (AvgIpc) is 3.34. The fourth-order valence-corrected chi connectivity index (χ4v) is 3.40. The topological polar surface area (TPSA) is 105 Å². The van der Waals surface area contributed by atoms with Crippen LogP contribution < -0.4 is 10.6 Å². The minimum absolute atomic E-state index is 0.00538. The fourth-order valence-electron chi connectivity index (χ4n) is 3.40. The van der Waals surface area contributed by atoms with E-state index >= 15 is 0 Å². The Kier molecular flexibility index (Phi) is 5.83. The van der Waals surface area contributed by atoms with Gasteiger partial charge in [0.15, 0.2) is 0 Å². The maximum atomic E-state index is 12.3. The minimum Gasteiger partial charge on any atom is -0.369 e. The molecule has 1 saturated heterocycles. The zero-order valence-corrected chi connectivity index (χ0v) is 14.6. The summed E-state index contributed by atoms with van der Waals surface area (Å²) in [5.74, 6) is 1.12. The second kappa shape index (κ2) is 8.46. The number of anilines is 1. The van der Waals surface area contributed by atoms with Crippen LogP contribution >= 0.6 is 0 Å². The SMILES string of the molecule is N#Cc1ccc(NC[C@@H]2C=C[C@H](NCC(=O)N3CCC[C@H]3C#N)C2)nc1. The summed E-state index contributed by atoms with van der Waals surface area (Å²) in [5, 5.41) is 24.4. The summed E-state index contributed by atoms with van der Waals surface area (Å²) in [4.78, 5) is 18.1. The molecule has 7 heteroatoms. The number of likely N-dealkylation sites (tertiary alicyclic amines) is 1. The molecule has 1 aromatic heterocycles. The van der Waals surface area contributed by atoms with Crippen molar-refractivity contribution in [1.82, 2.24) is 15.2 Å². The van der Waals surface area contributed by atoms with Crippen LogP contribution in [-0.4, -0.2) is 47.5 Å². The van der Waals surface area contributed by atoms with Crippen molar-refractivity contribution in [3.63, 3.8) is 0 Å². The Morgan fingerprint density at radius 2 is 2.23 bits per heavy atom. The molecule has 0 bridgehead atoms. The molecule has 0 spiro atoms. The molecule has 1 aliphatic carbocycles. The lowest BCUT2D eigenvalue weighted by Gasteiger charge is -2.21. The van der Waals surface area contributed by atoms with Gasteiger partial charge in [-0.15, -0.1) is 0 Å². The van der Waals surface area contributed by atoms with Gasteiger partial charge in [-0.25, -0.2) is 4.98 Å². The molecule has 2 heterocycles. The number of carbonyl (C=O) groups excluding carboxylic acids is 1. The highest BCUT2D eigenvalue weighted by Crippen LogP contribution is 2.19. The van der Waals surface area contributed by atoms with Crippen LogP contribution in [0.3, 0.4) is 0 Å². The number of nitrogens with one attached hydrogen (secondary N) is 2. The van der Waals surface area contributed by atoms with Crippen molar-refractivity contribution in [1.29, 1.82) is 10.5 Å². The van der Waals surface area contributed by atoms with Crippen LogP contribution in [-0.2, 0) is 4.79 Å².